The Balaban J connectivity index is 1.08. The molecule has 3 unspecified atom stereocenters. The van der Waals surface area contributed by atoms with E-state index in [1.807, 2.05) is 11.1 Å². The van der Waals surface area contributed by atoms with Gasteiger partial charge in [-0.3, -0.25) is 9.69 Å². The van der Waals surface area contributed by atoms with Crippen LogP contribution in [0.2, 0.25) is 0 Å². The number of amides is 2. The second kappa shape index (κ2) is 9.82. The average Bonchev–Trinajstić information content (AvgIpc) is 3.22. The third-order valence-corrected chi connectivity index (χ3v) is 11.7. The Kier molecular flexibility index (Phi) is 6.80. The highest BCUT2D eigenvalue weighted by Gasteiger charge is 2.62. The summed E-state index contributed by atoms with van der Waals surface area (Å²) in [6.07, 6.45) is 8.08. The van der Waals surface area contributed by atoms with Gasteiger partial charge in [0, 0.05) is 50.0 Å². The number of fused-ring (bicyclic) bond motifs is 2. The number of nitrogens with one attached hydrogen (secondary N) is 1. The molecule has 12 heteroatoms. The van der Waals surface area contributed by atoms with Gasteiger partial charge in [-0.25, -0.2) is 22.5 Å². The monoisotopic (exact) mass is 574 g/mol. The fourth-order valence-electron chi connectivity index (χ4n) is 6.94. The normalized spacial score (nSPS) is 28.8. The number of piperidine rings is 1. The molecule has 1 aromatic rings. The van der Waals surface area contributed by atoms with Crippen LogP contribution in [0.5, 0.6) is 0 Å². The molecule has 0 bridgehead atoms. The van der Waals surface area contributed by atoms with Gasteiger partial charge in [0.1, 0.15) is 11.4 Å². The molecule has 2 amide bonds. The summed E-state index contributed by atoms with van der Waals surface area (Å²) in [5, 5.41) is 2.82. The molecule has 3 atom stereocenters. The standard InChI is InChI=1S/C28H42N6O5S/c1-18-6-5-7-22(18)34-23-21(28(11-12-28)24(34)35)16-29-25(31-23)30-19-8-14-33(15-9-19)40(37,38)20-10-13-32(17-20)26(36)39-27(2,3)4/h16,18-20,22H,5-15,17H2,1-4H3,(H,29,30,31). The Morgan fingerprint density at radius 2 is 1.82 bits per heavy atom. The zero-order valence-electron chi connectivity index (χ0n) is 24.1. The van der Waals surface area contributed by atoms with Crippen LogP contribution in [-0.2, 0) is 25.0 Å². The summed E-state index contributed by atoms with van der Waals surface area (Å²) in [5.41, 5.74) is -0.0528. The molecule has 0 aromatic carbocycles. The lowest BCUT2D eigenvalue weighted by atomic mass is 10.0. The number of nitrogens with zero attached hydrogens (tertiary/aromatic N) is 5. The first-order valence-corrected chi connectivity index (χ1v) is 16.3. The highest BCUT2D eigenvalue weighted by atomic mass is 32.2. The molecule has 2 aliphatic carbocycles. The Hall–Kier alpha value is -2.47. The second-order valence-corrected chi connectivity index (χ2v) is 15.6. The van der Waals surface area contributed by atoms with Crippen LogP contribution in [-0.4, -0.2) is 88.7 Å². The molecule has 40 heavy (non-hydrogen) atoms. The molecule has 1 aromatic heterocycles. The van der Waals surface area contributed by atoms with Crippen LogP contribution >= 0.6 is 0 Å². The van der Waals surface area contributed by atoms with Gasteiger partial charge in [-0.2, -0.15) is 4.98 Å². The molecule has 2 saturated carbocycles. The molecule has 1 N–H and O–H groups in total. The number of aromatic nitrogens is 2. The van der Waals surface area contributed by atoms with Gasteiger partial charge in [0.25, 0.3) is 0 Å². The second-order valence-electron chi connectivity index (χ2n) is 13.4. The molecule has 1 spiro atoms. The first kappa shape index (κ1) is 27.7. The summed E-state index contributed by atoms with van der Waals surface area (Å²) in [6, 6.07) is 0.237. The van der Waals surface area contributed by atoms with E-state index in [1.165, 1.54) is 4.90 Å². The molecule has 6 rings (SSSR count). The van der Waals surface area contributed by atoms with E-state index in [1.54, 1.807) is 25.1 Å². The van der Waals surface area contributed by atoms with Crippen LogP contribution in [0.25, 0.3) is 0 Å². The summed E-state index contributed by atoms with van der Waals surface area (Å²) >= 11 is 0. The van der Waals surface area contributed by atoms with Crippen molar-refractivity contribution in [3.63, 3.8) is 0 Å². The largest absolute Gasteiger partial charge is 0.444 e. The third-order valence-electron chi connectivity index (χ3n) is 9.40. The van der Waals surface area contributed by atoms with E-state index in [0.717, 1.165) is 43.5 Å². The van der Waals surface area contributed by atoms with Gasteiger partial charge < -0.3 is 15.0 Å². The summed E-state index contributed by atoms with van der Waals surface area (Å²) < 4.78 is 33.8. The molecule has 2 saturated heterocycles. The van der Waals surface area contributed by atoms with Gasteiger partial charge in [-0.15, -0.1) is 0 Å². The Bertz CT molecular complexity index is 1280. The van der Waals surface area contributed by atoms with Crippen LogP contribution in [0.1, 0.15) is 84.6 Å². The molecular formula is C28H42N6O5S. The van der Waals surface area contributed by atoms with Crippen LogP contribution in [0.3, 0.4) is 0 Å². The quantitative estimate of drug-likeness (QED) is 0.568. The van der Waals surface area contributed by atoms with Crippen molar-refractivity contribution in [3.8, 4) is 0 Å². The lowest BCUT2D eigenvalue weighted by Gasteiger charge is -2.33. The number of likely N-dealkylation sites (tertiary alicyclic amines) is 1. The Morgan fingerprint density at radius 1 is 1.10 bits per heavy atom. The maximum absolute atomic E-state index is 13.5. The van der Waals surface area contributed by atoms with Gasteiger partial charge >= 0.3 is 6.09 Å². The zero-order chi connectivity index (χ0) is 28.4. The molecule has 4 fully saturated rings. The van der Waals surface area contributed by atoms with Crippen LogP contribution in [0.4, 0.5) is 16.6 Å². The molecule has 5 aliphatic rings. The van der Waals surface area contributed by atoms with E-state index in [-0.39, 0.29) is 24.5 Å². The average molecular weight is 575 g/mol. The fraction of sp³-hybridized carbons (Fsp3) is 0.786. The number of sulfonamides is 1. The van der Waals surface area contributed by atoms with Crippen molar-refractivity contribution in [1.82, 2.24) is 19.2 Å². The fourth-order valence-corrected chi connectivity index (χ4v) is 8.86. The van der Waals surface area contributed by atoms with Crippen molar-refractivity contribution in [3.05, 3.63) is 11.8 Å². The van der Waals surface area contributed by atoms with Crippen molar-refractivity contribution in [2.24, 2.45) is 5.92 Å². The molecule has 4 heterocycles. The summed E-state index contributed by atoms with van der Waals surface area (Å²) in [5.74, 6) is 1.93. The highest BCUT2D eigenvalue weighted by molar-refractivity contribution is 7.89. The van der Waals surface area contributed by atoms with E-state index in [0.29, 0.717) is 50.8 Å². The minimum absolute atomic E-state index is 0.0391. The van der Waals surface area contributed by atoms with E-state index in [4.69, 9.17) is 9.72 Å². The van der Waals surface area contributed by atoms with Gasteiger partial charge in [-0.1, -0.05) is 13.3 Å². The van der Waals surface area contributed by atoms with Crippen molar-refractivity contribution >= 4 is 33.8 Å². The lowest BCUT2D eigenvalue weighted by molar-refractivity contribution is -0.120. The lowest BCUT2D eigenvalue weighted by Crippen LogP contribution is -2.47. The zero-order valence-corrected chi connectivity index (χ0v) is 24.9. The third kappa shape index (κ3) is 4.84. The number of hydrogen-bond donors (Lipinski definition) is 1. The molecule has 0 radical (unpaired) electrons. The number of anilines is 2. The van der Waals surface area contributed by atoms with Gasteiger partial charge in [0.05, 0.1) is 10.7 Å². The predicted molar refractivity (Wildman–Crippen MR) is 151 cm³/mol. The molecule has 11 nitrogen and oxygen atoms in total. The van der Waals surface area contributed by atoms with Gasteiger partial charge in [-0.05, 0) is 71.6 Å². The van der Waals surface area contributed by atoms with Gasteiger partial charge in [0.2, 0.25) is 21.9 Å². The van der Waals surface area contributed by atoms with E-state index in [2.05, 4.69) is 17.2 Å². The number of hydrogen-bond acceptors (Lipinski definition) is 8. The maximum Gasteiger partial charge on any atom is 0.410 e. The van der Waals surface area contributed by atoms with Crippen molar-refractivity contribution in [2.45, 2.75) is 107 Å². The topological polar surface area (TPSA) is 125 Å². The van der Waals surface area contributed by atoms with E-state index >= 15 is 0 Å². The van der Waals surface area contributed by atoms with E-state index in [9.17, 15) is 18.0 Å². The Labute approximate surface area is 237 Å². The molecule has 220 valence electrons. The van der Waals surface area contributed by atoms with Crippen LogP contribution in [0, 0.1) is 5.92 Å². The SMILES string of the molecule is CC1CCCC1N1C(=O)C2(CC2)c2cnc(NC3CCN(S(=O)(=O)C4CCN(C(=O)OC(C)(C)C)C4)CC3)nc21. The summed E-state index contributed by atoms with van der Waals surface area (Å²) in [7, 11) is -3.53. The molecular weight excluding hydrogens is 532 g/mol. The van der Waals surface area contributed by atoms with Crippen molar-refractivity contribution in [2.75, 3.05) is 36.4 Å². The summed E-state index contributed by atoms with van der Waals surface area (Å²) in [4.78, 5) is 38.8. The predicted octanol–water partition coefficient (Wildman–Crippen LogP) is 3.26. The minimum Gasteiger partial charge on any atom is -0.444 e. The summed E-state index contributed by atoms with van der Waals surface area (Å²) in [6.45, 7) is 8.98. The molecule has 3 aliphatic heterocycles. The Morgan fingerprint density at radius 3 is 2.45 bits per heavy atom. The van der Waals surface area contributed by atoms with E-state index < -0.39 is 32.4 Å². The highest BCUT2D eigenvalue weighted by Crippen LogP contribution is 2.58. The first-order valence-electron chi connectivity index (χ1n) is 14.8. The van der Waals surface area contributed by atoms with Crippen LogP contribution in [0.15, 0.2) is 6.20 Å². The van der Waals surface area contributed by atoms with Crippen molar-refractivity contribution < 1.29 is 22.7 Å². The first-order chi connectivity index (χ1) is 18.9. The number of ether oxygens (including phenoxy) is 1. The smallest absolute Gasteiger partial charge is 0.410 e. The number of carbonyl (C=O) groups excluding carboxylic acids is 2. The van der Waals surface area contributed by atoms with Gasteiger partial charge in [0.15, 0.2) is 0 Å². The minimum atomic E-state index is -3.53. The number of rotatable bonds is 5. The maximum atomic E-state index is 13.5. The van der Waals surface area contributed by atoms with Crippen molar-refractivity contribution in [1.29, 1.82) is 0 Å². The van der Waals surface area contributed by atoms with Crippen LogP contribution < -0.4 is 10.2 Å². The number of carbonyl (C=O) groups is 2.